The van der Waals surface area contributed by atoms with E-state index in [4.69, 9.17) is 9.97 Å². The van der Waals surface area contributed by atoms with Crippen LogP contribution in [0.2, 0.25) is 0 Å². The van der Waals surface area contributed by atoms with Crippen LogP contribution in [0.15, 0.2) is 48.8 Å². The van der Waals surface area contributed by atoms with Crippen molar-refractivity contribution >= 4 is 0 Å². The molecule has 0 radical (unpaired) electrons. The Bertz CT molecular complexity index is 1440. The first-order chi connectivity index (χ1) is 18.6. The quantitative estimate of drug-likeness (QED) is 0.224. The van der Waals surface area contributed by atoms with E-state index in [2.05, 4.69) is 70.8 Å². The lowest BCUT2D eigenvalue weighted by molar-refractivity contribution is 0.498. The summed E-state index contributed by atoms with van der Waals surface area (Å²) in [5, 5.41) is 7.14. The highest BCUT2D eigenvalue weighted by Gasteiger charge is 2.53. The van der Waals surface area contributed by atoms with Crippen LogP contribution in [0.25, 0.3) is 33.6 Å². The maximum Gasteiger partial charge on any atom is 0.123 e. The highest BCUT2D eigenvalue weighted by atomic mass is 15.1. The van der Waals surface area contributed by atoms with Gasteiger partial charge in [0.05, 0.1) is 35.9 Å². The number of piperidine rings is 1. The summed E-state index contributed by atoms with van der Waals surface area (Å²) in [4.78, 5) is 16.7. The maximum absolute atomic E-state index is 4.73. The predicted molar refractivity (Wildman–Crippen MR) is 153 cm³/mol. The normalized spacial score (nSPS) is 24.4. The molecule has 2 aliphatic carbocycles. The fraction of sp³-hybridized carbons (Fsp3) is 0.438. The van der Waals surface area contributed by atoms with Crippen LogP contribution in [0.4, 0.5) is 0 Å². The highest BCUT2D eigenvalue weighted by Crippen LogP contribution is 2.50. The summed E-state index contributed by atoms with van der Waals surface area (Å²) in [5.41, 5.74) is 10.3. The summed E-state index contributed by atoms with van der Waals surface area (Å²) in [7, 11) is 2.01. The molecule has 6 heteroatoms. The van der Waals surface area contributed by atoms with E-state index in [-0.39, 0.29) is 6.04 Å². The van der Waals surface area contributed by atoms with Gasteiger partial charge in [-0.25, -0.2) is 9.97 Å². The molecule has 2 aromatic carbocycles. The maximum atomic E-state index is 4.73. The molecule has 196 valence electrons. The Hall–Kier alpha value is -3.22. The minimum absolute atomic E-state index is 0.272. The molecule has 4 aromatic rings. The van der Waals surface area contributed by atoms with Crippen molar-refractivity contribution in [1.82, 2.24) is 30.6 Å². The number of hydrogen-bond acceptors (Lipinski definition) is 4. The number of fused-ring (bicyclic) bond motifs is 2. The number of aromatic amines is 2. The molecule has 3 heterocycles. The molecule has 3 aliphatic rings. The Balaban J connectivity index is 1.13. The molecule has 1 saturated heterocycles. The zero-order valence-corrected chi connectivity index (χ0v) is 22.6. The molecule has 0 bridgehead atoms. The van der Waals surface area contributed by atoms with E-state index in [1.807, 2.05) is 19.4 Å². The molecule has 4 N–H and O–H groups in total. The van der Waals surface area contributed by atoms with E-state index in [1.165, 1.54) is 46.2 Å². The van der Waals surface area contributed by atoms with Crippen LogP contribution in [0.1, 0.15) is 74.4 Å². The predicted octanol–water partition coefficient (Wildman–Crippen LogP) is 6.35. The van der Waals surface area contributed by atoms with Crippen molar-refractivity contribution in [2.24, 2.45) is 11.8 Å². The van der Waals surface area contributed by atoms with Crippen molar-refractivity contribution in [2.75, 3.05) is 7.05 Å². The van der Waals surface area contributed by atoms with E-state index in [0.717, 1.165) is 60.6 Å². The van der Waals surface area contributed by atoms with E-state index in [0.29, 0.717) is 12.1 Å². The van der Waals surface area contributed by atoms with Gasteiger partial charge in [0, 0.05) is 11.6 Å². The third-order valence-electron chi connectivity index (χ3n) is 9.32. The molecule has 1 aliphatic heterocycles. The topological polar surface area (TPSA) is 81.4 Å². The van der Waals surface area contributed by atoms with Gasteiger partial charge < -0.3 is 20.6 Å². The van der Waals surface area contributed by atoms with Gasteiger partial charge in [0.15, 0.2) is 0 Å². The highest BCUT2D eigenvalue weighted by molar-refractivity contribution is 5.78. The third-order valence-corrected chi connectivity index (χ3v) is 9.32. The molecule has 7 rings (SSSR count). The van der Waals surface area contributed by atoms with Crippen LogP contribution in [0.3, 0.4) is 0 Å². The Morgan fingerprint density at radius 3 is 2.39 bits per heavy atom. The fourth-order valence-corrected chi connectivity index (χ4v) is 7.02. The molecule has 0 spiro atoms. The summed E-state index contributed by atoms with van der Waals surface area (Å²) < 4.78 is 0. The van der Waals surface area contributed by atoms with Gasteiger partial charge in [0.25, 0.3) is 0 Å². The first-order valence-corrected chi connectivity index (χ1v) is 14.4. The van der Waals surface area contributed by atoms with E-state index >= 15 is 0 Å². The second-order valence-electron chi connectivity index (χ2n) is 11.5. The smallest absolute Gasteiger partial charge is 0.123 e. The Morgan fingerprint density at radius 1 is 0.921 bits per heavy atom. The number of benzene rings is 2. The lowest BCUT2D eigenvalue weighted by Crippen LogP contribution is -2.21. The minimum atomic E-state index is 0.272. The van der Waals surface area contributed by atoms with E-state index in [1.54, 1.807) is 0 Å². The van der Waals surface area contributed by atoms with Gasteiger partial charge in [-0.15, -0.1) is 0 Å². The van der Waals surface area contributed by atoms with Crippen molar-refractivity contribution in [1.29, 1.82) is 0 Å². The van der Waals surface area contributed by atoms with Crippen LogP contribution >= 0.6 is 0 Å². The largest absolute Gasteiger partial charge is 0.341 e. The Labute approximate surface area is 225 Å². The van der Waals surface area contributed by atoms with Gasteiger partial charge in [-0.2, -0.15) is 0 Å². The first kappa shape index (κ1) is 23.9. The average Bonchev–Trinajstić information content (AvgIpc) is 3.62. The summed E-state index contributed by atoms with van der Waals surface area (Å²) in [6.07, 6.45) is 10.9. The van der Waals surface area contributed by atoms with Crippen LogP contribution in [-0.2, 0) is 12.8 Å². The number of aromatic nitrogens is 4. The van der Waals surface area contributed by atoms with Gasteiger partial charge in [0.1, 0.15) is 11.6 Å². The van der Waals surface area contributed by atoms with Crippen LogP contribution in [-0.4, -0.2) is 33.0 Å². The molecule has 1 unspecified atom stereocenters. The zero-order valence-electron chi connectivity index (χ0n) is 22.6. The molecule has 1 saturated carbocycles. The number of rotatable bonds is 8. The molecular weight excluding hydrogens is 468 g/mol. The molecule has 2 fully saturated rings. The summed E-state index contributed by atoms with van der Waals surface area (Å²) >= 11 is 0. The second-order valence-corrected chi connectivity index (χ2v) is 11.5. The molecule has 6 nitrogen and oxygen atoms in total. The standard InChI is InChI=1S/C32H38N6/c1-4-6-26(33-3)31-35-17-29(38-31)24-14-13-21(22-7-5-8-23(22)24)19-9-11-20(12-10-19)28-16-34-32(37-28)27-15-25-18(2)30(25)36-27/h9-14,16-18,25-27,30,33,36H,4-8,15H2,1-3H3,(H,34,37)(H,35,38)/t18?,25-,26-,27-,30+/m0/s1. The van der Waals surface area contributed by atoms with Crippen LogP contribution in [0.5, 0.6) is 0 Å². The molecular formula is C32H38N6. The van der Waals surface area contributed by atoms with Crippen molar-refractivity contribution in [2.45, 2.75) is 70.5 Å². The third kappa shape index (κ3) is 4.02. The van der Waals surface area contributed by atoms with Crippen molar-refractivity contribution in [3.05, 3.63) is 71.6 Å². The second kappa shape index (κ2) is 9.51. The van der Waals surface area contributed by atoms with Gasteiger partial charge >= 0.3 is 0 Å². The van der Waals surface area contributed by atoms with Gasteiger partial charge in [-0.3, -0.25) is 0 Å². The average molecular weight is 507 g/mol. The first-order valence-electron chi connectivity index (χ1n) is 14.4. The number of H-pyrrole nitrogens is 2. The monoisotopic (exact) mass is 506 g/mol. The molecule has 0 amide bonds. The van der Waals surface area contributed by atoms with Gasteiger partial charge in [-0.05, 0) is 78.8 Å². The molecule has 5 atom stereocenters. The fourth-order valence-electron chi connectivity index (χ4n) is 7.02. The summed E-state index contributed by atoms with van der Waals surface area (Å²) in [5.74, 6) is 3.78. The van der Waals surface area contributed by atoms with E-state index < -0.39 is 0 Å². The van der Waals surface area contributed by atoms with Crippen LogP contribution < -0.4 is 10.6 Å². The number of nitrogens with zero attached hydrogens (tertiary/aromatic N) is 2. The Kier molecular flexibility index (Phi) is 5.97. The van der Waals surface area contributed by atoms with Crippen molar-refractivity contribution in [3.63, 3.8) is 0 Å². The van der Waals surface area contributed by atoms with Gasteiger partial charge in [-0.1, -0.05) is 56.7 Å². The van der Waals surface area contributed by atoms with Crippen LogP contribution in [0, 0.1) is 11.8 Å². The zero-order chi connectivity index (χ0) is 25.8. The van der Waals surface area contributed by atoms with E-state index in [9.17, 15) is 0 Å². The number of nitrogens with one attached hydrogen (secondary N) is 4. The molecule has 38 heavy (non-hydrogen) atoms. The summed E-state index contributed by atoms with van der Waals surface area (Å²) in [6.45, 7) is 4.56. The SMILES string of the molecule is CCC[C@H](NC)c1ncc(-c2ccc(-c3ccc(-c4cnc([C@@H]5C[C@H]6C(C)[C@H]6N5)[nH]4)cc3)c3c2CCC3)[nH]1. The number of imidazole rings is 2. The summed E-state index contributed by atoms with van der Waals surface area (Å²) in [6, 6.07) is 14.9. The lowest BCUT2D eigenvalue weighted by atomic mass is 9.92. The number of hydrogen-bond donors (Lipinski definition) is 4. The Morgan fingerprint density at radius 2 is 1.66 bits per heavy atom. The lowest BCUT2D eigenvalue weighted by Gasteiger charge is -2.14. The van der Waals surface area contributed by atoms with Crippen molar-refractivity contribution in [3.8, 4) is 33.6 Å². The van der Waals surface area contributed by atoms with Crippen molar-refractivity contribution < 1.29 is 0 Å². The van der Waals surface area contributed by atoms with Gasteiger partial charge in [0.2, 0.25) is 0 Å². The molecule has 2 aromatic heterocycles. The minimum Gasteiger partial charge on any atom is -0.341 e.